The van der Waals surface area contributed by atoms with Gasteiger partial charge in [0, 0.05) is 19.5 Å². The van der Waals surface area contributed by atoms with Crippen LogP contribution in [0.2, 0.25) is 0 Å². The Morgan fingerprint density at radius 1 is 1.06 bits per heavy atom. The van der Waals surface area contributed by atoms with Gasteiger partial charge in [0.15, 0.2) is 0 Å². The third-order valence-electron chi connectivity index (χ3n) is 11.4. The van der Waals surface area contributed by atoms with Crippen molar-refractivity contribution in [2.24, 2.45) is 40.4 Å². The van der Waals surface area contributed by atoms with E-state index in [-0.39, 0.29) is 6.10 Å². The molecule has 0 radical (unpaired) electrons. The van der Waals surface area contributed by atoms with Gasteiger partial charge in [0.2, 0.25) is 5.91 Å². The summed E-state index contributed by atoms with van der Waals surface area (Å²) in [5.74, 6) is 4.56. The van der Waals surface area contributed by atoms with Gasteiger partial charge in [-0.1, -0.05) is 32.4 Å². The van der Waals surface area contributed by atoms with E-state index in [0.29, 0.717) is 16.7 Å². The SMILES string of the molecule is CC1CCN(C(=O)CCCC2CCC3[C@@H]4CC=C5C[C@@H](O)CC[C@]5(C)C4CC[C@]23C)CC1. The Labute approximate surface area is 196 Å². The maximum Gasteiger partial charge on any atom is 0.222 e. The highest BCUT2D eigenvalue weighted by atomic mass is 16.3. The Balaban J connectivity index is 1.19. The highest BCUT2D eigenvalue weighted by Gasteiger charge is 2.58. The van der Waals surface area contributed by atoms with E-state index in [0.717, 1.165) is 68.4 Å². The standard InChI is InChI=1S/C29H47NO2/c1-20-13-17-30(18-14-20)27(32)6-4-5-21-8-10-25-24-9-7-22-19-23(31)11-15-29(22,3)26(24)12-16-28(21,25)2/h7,20-21,23-26,31H,4-6,8-19H2,1-3H3/t21?,23-,24-,25?,26?,28+,29-/m0/s1. The minimum atomic E-state index is -0.105. The molecule has 5 aliphatic rings. The van der Waals surface area contributed by atoms with Crippen LogP contribution in [0.3, 0.4) is 0 Å². The lowest BCUT2D eigenvalue weighted by Gasteiger charge is -2.58. The minimum absolute atomic E-state index is 0.105. The summed E-state index contributed by atoms with van der Waals surface area (Å²) >= 11 is 0. The van der Waals surface area contributed by atoms with Crippen molar-refractivity contribution >= 4 is 5.91 Å². The fourth-order valence-corrected chi connectivity index (χ4v) is 9.14. The van der Waals surface area contributed by atoms with Gasteiger partial charge in [0.1, 0.15) is 0 Å². The van der Waals surface area contributed by atoms with Crippen LogP contribution >= 0.6 is 0 Å². The van der Waals surface area contributed by atoms with Crippen molar-refractivity contribution in [3.8, 4) is 0 Å². The Bertz CT molecular complexity index is 737. The van der Waals surface area contributed by atoms with Crippen molar-refractivity contribution < 1.29 is 9.90 Å². The predicted octanol–water partition coefficient (Wildman–Crippen LogP) is 6.36. The van der Waals surface area contributed by atoms with Gasteiger partial charge in [0.25, 0.3) is 0 Å². The number of carbonyl (C=O) groups is 1. The third kappa shape index (κ3) is 3.89. The molecule has 1 heterocycles. The molecule has 0 spiro atoms. The van der Waals surface area contributed by atoms with Gasteiger partial charge in [-0.3, -0.25) is 4.79 Å². The molecule has 3 unspecified atom stereocenters. The fraction of sp³-hybridized carbons (Fsp3) is 0.897. The zero-order chi connectivity index (χ0) is 22.5. The van der Waals surface area contributed by atoms with Crippen LogP contribution in [0.1, 0.15) is 104 Å². The van der Waals surface area contributed by atoms with Crippen LogP contribution in [0.15, 0.2) is 11.6 Å². The van der Waals surface area contributed by atoms with Crippen molar-refractivity contribution in [2.45, 2.75) is 110 Å². The van der Waals surface area contributed by atoms with Crippen LogP contribution in [0.5, 0.6) is 0 Å². The van der Waals surface area contributed by atoms with E-state index in [2.05, 4.69) is 31.7 Å². The van der Waals surface area contributed by atoms with Crippen LogP contribution in [0.4, 0.5) is 0 Å². The van der Waals surface area contributed by atoms with E-state index in [1.807, 2.05) is 0 Å². The second-order valence-corrected chi connectivity index (χ2v) is 12.9. The molecule has 0 aromatic carbocycles. The molecular formula is C29H47NO2. The van der Waals surface area contributed by atoms with E-state index in [1.165, 1.54) is 57.8 Å². The molecule has 0 aromatic rings. The number of nitrogens with zero attached hydrogens (tertiary/aromatic N) is 1. The Morgan fingerprint density at radius 2 is 1.84 bits per heavy atom. The largest absolute Gasteiger partial charge is 0.393 e. The Morgan fingerprint density at radius 3 is 2.62 bits per heavy atom. The van der Waals surface area contributed by atoms with Gasteiger partial charge in [-0.15, -0.1) is 0 Å². The fourth-order valence-electron chi connectivity index (χ4n) is 9.14. The lowest BCUT2D eigenvalue weighted by molar-refractivity contribution is -0.132. The predicted molar refractivity (Wildman–Crippen MR) is 130 cm³/mol. The maximum atomic E-state index is 12.7. The van der Waals surface area contributed by atoms with Crippen LogP contribution in [0, 0.1) is 40.4 Å². The third-order valence-corrected chi connectivity index (χ3v) is 11.4. The summed E-state index contributed by atoms with van der Waals surface area (Å²) in [6.07, 6.45) is 17.8. The number of hydrogen-bond acceptors (Lipinski definition) is 2. The summed E-state index contributed by atoms with van der Waals surface area (Å²) in [5, 5.41) is 10.2. The highest BCUT2D eigenvalue weighted by Crippen LogP contribution is 2.66. The lowest BCUT2D eigenvalue weighted by atomic mass is 9.47. The number of likely N-dealkylation sites (tertiary alicyclic amines) is 1. The van der Waals surface area contributed by atoms with E-state index in [1.54, 1.807) is 5.57 Å². The average Bonchev–Trinajstić information content (AvgIpc) is 3.11. The van der Waals surface area contributed by atoms with Crippen LogP contribution in [-0.2, 0) is 4.79 Å². The topological polar surface area (TPSA) is 40.5 Å². The van der Waals surface area contributed by atoms with Gasteiger partial charge in [-0.2, -0.15) is 0 Å². The first-order valence-electron chi connectivity index (χ1n) is 14.0. The summed E-state index contributed by atoms with van der Waals surface area (Å²) in [7, 11) is 0. The van der Waals surface area contributed by atoms with Gasteiger partial charge >= 0.3 is 0 Å². The maximum absolute atomic E-state index is 12.7. The summed E-state index contributed by atoms with van der Waals surface area (Å²) in [4.78, 5) is 14.9. The molecule has 7 atom stereocenters. The first kappa shape index (κ1) is 22.9. The van der Waals surface area contributed by atoms with Crippen LogP contribution < -0.4 is 0 Å². The molecule has 3 heteroatoms. The molecule has 1 aliphatic heterocycles. The number of rotatable bonds is 4. The van der Waals surface area contributed by atoms with Crippen molar-refractivity contribution in [3.05, 3.63) is 11.6 Å². The van der Waals surface area contributed by atoms with Crippen molar-refractivity contribution in [3.63, 3.8) is 0 Å². The average molecular weight is 442 g/mol. The van der Waals surface area contributed by atoms with E-state index in [9.17, 15) is 9.90 Å². The molecule has 180 valence electrons. The molecule has 1 N–H and O–H groups in total. The normalized spacial score (nSPS) is 44.4. The van der Waals surface area contributed by atoms with Gasteiger partial charge in [-0.25, -0.2) is 0 Å². The number of allylic oxidation sites excluding steroid dienone is 1. The van der Waals surface area contributed by atoms with Crippen molar-refractivity contribution in [1.29, 1.82) is 0 Å². The minimum Gasteiger partial charge on any atom is -0.393 e. The number of aliphatic hydroxyl groups is 1. The second-order valence-electron chi connectivity index (χ2n) is 12.9. The molecule has 32 heavy (non-hydrogen) atoms. The van der Waals surface area contributed by atoms with Crippen molar-refractivity contribution in [2.75, 3.05) is 13.1 Å². The number of carbonyl (C=O) groups excluding carboxylic acids is 1. The zero-order valence-corrected chi connectivity index (χ0v) is 21.0. The first-order valence-corrected chi connectivity index (χ1v) is 14.0. The molecular weight excluding hydrogens is 394 g/mol. The number of fused-ring (bicyclic) bond motifs is 5. The van der Waals surface area contributed by atoms with Crippen molar-refractivity contribution in [1.82, 2.24) is 4.90 Å². The molecule has 4 aliphatic carbocycles. The molecule has 5 rings (SSSR count). The van der Waals surface area contributed by atoms with E-state index in [4.69, 9.17) is 0 Å². The Kier molecular flexibility index (Phi) is 6.27. The highest BCUT2D eigenvalue weighted by molar-refractivity contribution is 5.76. The van der Waals surface area contributed by atoms with Crippen LogP contribution in [-0.4, -0.2) is 35.1 Å². The van der Waals surface area contributed by atoms with Gasteiger partial charge < -0.3 is 10.0 Å². The molecule has 0 bridgehead atoms. The van der Waals surface area contributed by atoms with Crippen LogP contribution in [0.25, 0.3) is 0 Å². The lowest BCUT2D eigenvalue weighted by Crippen LogP contribution is -2.50. The Hall–Kier alpha value is -0.830. The van der Waals surface area contributed by atoms with Gasteiger partial charge in [0.05, 0.1) is 6.10 Å². The second kappa shape index (κ2) is 8.75. The molecule has 1 amide bonds. The summed E-state index contributed by atoms with van der Waals surface area (Å²) in [6, 6.07) is 0. The molecule has 0 aromatic heterocycles. The summed E-state index contributed by atoms with van der Waals surface area (Å²) in [6.45, 7) is 9.43. The molecule has 4 fully saturated rings. The van der Waals surface area contributed by atoms with E-state index >= 15 is 0 Å². The number of piperidine rings is 1. The first-order chi connectivity index (χ1) is 15.3. The quantitative estimate of drug-likeness (QED) is 0.516. The summed E-state index contributed by atoms with van der Waals surface area (Å²) in [5.41, 5.74) is 2.42. The molecule has 1 saturated heterocycles. The molecule has 3 nitrogen and oxygen atoms in total. The molecule has 3 saturated carbocycles. The number of hydrogen-bond donors (Lipinski definition) is 1. The van der Waals surface area contributed by atoms with Gasteiger partial charge in [-0.05, 0) is 117 Å². The smallest absolute Gasteiger partial charge is 0.222 e. The van der Waals surface area contributed by atoms with E-state index < -0.39 is 0 Å². The number of amides is 1. The summed E-state index contributed by atoms with van der Waals surface area (Å²) < 4.78 is 0. The monoisotopic (exact) mass is 441 g/mol. The number of aliphatic hydroxyl groups excluding tert-OH is 1. The zero-order valence-electron chi connectivity index (χ0n) is 21.0.